The molecule has 1 amide bonds. The molecule has 0 aliphatic carbocycles. The molecule has 2 heterocycles. The molecule has 1 N–H and O–H groups in total. The summed E-state index contributed by atoms with van der Waals surface area (Å²) in [5.74, 6) is -0.0199. The number of hydrogen-bond donors (Lipinski definition) is 1. The molecule has 2 fully saturated rings. The topological polar surface area (TPSA) is 32.3 Å². The molecule has 3 nitrogen and oxygen atoms in total. The number of amides is 1. The second-order valence-corrected chi connectivity index (χ2v) is 5.81. The average Bonchev–Trinajstić information content (AvgIpc) is 2.59. The zero-order chi connectivity index (χ0) is 13.9. The molecular formula is C16H21FN2O. The van der Waals surface area contributed by atoms with Gasteiger partial charge in [-0.05, 0) is 49.9 Å². The highest BCUT2D eigenvalue weighted by Gasteiger charge is 2.34. The van der Waals surface area contributed by atoms with Gasteiger partial charge in [-0.3, -0.25) is 4.79 Å². The van der Waals surface area contributed by atoms with E-state index < -0.39 is 0 Å². The van der Waals surface area contributed by atoms with E-state index in [9.17, 15) is 9.18 Å². The van der Waals surface area contributed by atoms with Crippen molar-refractivity contribution in [3.05, 3.63) is 35.6 Å². The number of carbonyl (C=O) groups is 1. The van der Waals surface area contributed by atoms with E-state index in [1.165, 1.54) is 12.1 Å². The molecule has 0 aromatic heterocycles. The van der Waals surface area contributed by atoms with E-state index in [0.717, 1.165) is 37.8 Å². The first-order valence-electron chi connectivity index (χ1n) is 7.51. The molecule has 0 spiro atoms. The van der Waals surface area contributed by atoms with Crippen LogP contribution in [0.4, 0.5) is 4.39 Å². The Labute approximate surface area is 119 Å². The Kier molecular flexibility index (Phi) is 4.01. The van der Waals surface area contributed by atoms with Crippen LogP contribution in [0.2, 0.25) is 0 Å². The summed E-state index contributed by atoms with van der Waals surface area (Å²) >= 11 is 0. The third kappa shape index (κ3) is 2.85. The largest absolute Gasteiger partial charge is 0.334 e. The number of hydrogen-bond acceptors (Lipinski definition) is 2. The second kappa shape index (κ2) is 5.92. The lowest BCUT2D eigenvalue weighted by molar-refractivity contribution is -0.134. The van der Waals surface area contributed by atoms with Gasteiger partial charge in [0.1, 0.15) is 5.82 Å². The first kappa shape index (κ1) is 13.6. The van der Waals surface area contributed by atoms with Crippen LogP contribution in [0.5, 0.6) is 0 Å². The Balaban J connectivity index is 1.81. The van der Waals surface area contributed by atoms with Crippen LogP contribution in [0.1, 0.15) is 37.7 Å². The van der Waals surface area contributed by atoms with Gasteiger partial charge in [0.15, 0.2) is 0 Å². The van der Waals surface area contributed by atoms with E-state index >= 15 is 0 Å². The van der Waals surface area contributed by atoms with Crippen LogP contribution < -0.4 is 5.32 Å². The second-order valence-electron chi connectivity index (χ2n) is 5.81. The normalized spacial score (nSPS) is 27.1. The van der Waals surface area contributed by atoms with Gasteiger partial charge in [0.25, 0.3) is 0 Å². The van der Waals surface area contributed by atoms with Crippen LogP contribution in [0.15, 0.2) is 24.3 Å². The zero-order valence-electron chi connectivity index (χ0n) is 11.6. The summed E-state index contributed by atoms with van der Waals surface area (Å²) in [7, 11) is 0. The maximum atomic E-state index is 13.3. The Morgan fingerprint density at radius 2 is 2.20 bits per heavy atom. The van der Waals surface area contributed by atoms with E-state index in [0.29, 0.717) is 19.0 Å². The van der Waals surface area contributed by atoms with E-state index in [-0.39, 0.29) is 17.8 Å². The monoisotopic (exact) mass is 276 g/mol. The molecule has 2 unspecified atom stereocenters. The predicted molar refractivity (Wildman–Crippen MR) is 75.6 cm³/mol. The lowest BCUT2D eigenvalue weighted by Gasteiger charge is -2.39. The van der Waals surface area contributed by atoms with Gasteiger partial charge in [0.2, 0.25) is 5.91 Å². The standard InChI is InChI=1S/C16H21FN2O/c17-13-5-1-4-12(10-13)11-19-15-7-3-9-18-14(15)6-2-8-16(19)20/h1,4-5,10,14-15,18H,2-3,6-9,11H2. The fraction of sp³-hybridized carbons (Fsp3) is 0.562. The fourth-order valence-corrected chi connectivity index (χ4v) is 3.44. The van der Waals surface area contributed by atoms with Gasteiger partial charge in [-0.25, -0.2) is 4.39 Å². The predicted octanol–water partition coefficient (Wildman–Crippen LogP) is 2.46. The minimum absolute atomic E-state index is 0.213. The van der Waals surface area contributed by atoms with E-state index in [1.807, 2.05) is 11.0 Å². The Hall–Kier alpha value is -1.42. The van der Waals surface area contributed by atoms with Gasteiger partial charge in [-0.1, -0.05) is 12.1 Å². The van der Waals surface area contributed by atoms with Gasteiger partial charge < -0.3 is 10.2 Å². The number of nitrogens with zero attached hydrogens (tertiary/aromatic N) is 1. The highest BCUT2D eigenvalue weighted by Crippen LogP contribution is 2.26. The van der Waals surface area contributed by atoms with Crippen molar-refractivity contribution in [2.24, 2.45) is 0 Å². The SMILES string of the molecule is O=C1CCCC2NCCCC2N1Cc1cccc(F)c1. The molecule has 4 heteroatoms. The maximum absolute atomic E-state index is 13.3. The molecule has 3 rings (SSSR count). The first-order chi connectivity index (χ1) is 9.74. The molecule has 2 aliphatic heterocycles. The van der Waals surface area contributed by atoms with Crippen molar-refractivity contribution in [1.82, 2.24) is 10.2 Å². The summed E-state index contributed by atoms with van der Waals surface area (Å²) < 4.78 is 13.3. The Morgan fingerprint density at radius 3 is 3.05 bits per heavy atom. The van der Waals surface area contributed by atoms with Crippen LogP contribution in [0.25, 0.3) is 0 Å². The number of halogens is 1. The van der Waals surface area contributed by atoms with Crippen LogP contribution in [-0.4, -0.2) is 29.4 Å². The molecule has 0 bridgehead atoms. The molecule has 20 heavy (non-hydrogen) atoms. The van der Waals surface area contributed by atoms with Crippen LogP contribution >= 0.6 is 0 Å². The number of fused-ring (bicyclic) bond motifs is 1. The molecule has 108 valence electrons. The van der Waals surface area contributed by atoms with Gasteiger partial charge in [-0.2, -0.15) is 0 Å². The summed E-state index contributed by atoms with van der Waals surface area (Å²) in [6, 6.07) is 7.25. The number of nitrogens with one attached hydrogen (secondary N) is 1. The molecule has 2 saturated heterocycles. The van der Waals surface area contributed by atoms with E-state index in [1.54, 1.807) is 6.07 Å². The molecule has 1 aromatic rings. The number of carbonyl (C=O) groups excluding carboxylic acids is 1. The lowest BCUT2D eigenvalue weighted by atomic mass is 9.94. The van der Waals surface area contributed by atoms with E-state index in [4.69, 9.17) is 0 Å². The highest BCUT2D eigenvalue weighted by atomic mass is 19.1. The third-order valence-electron chi connectivity index (χ3n) is 4.42. The average molecular weight is 276 g/mol. The number of piperidine rings is 1. The van der Waals surface area contributed by atoms with Crippen molar-refractivity contribution in [1.29, 1.82) is 0 Å². The molecule has 0 saturated carbocycles. The molecule has 2 aliphatic rings. The van der Waals surface area contributed by atoms with Crippen molar-refractivity contribution in [3.63, 3.8) is 0 Å². The zero-order valence-corrected chi connectivity index (χ0v) is 11.6. The van der Waals surface area contributed by atoms with Crippen LogP contribution in [0, 0.1) is 5.82 Å². The number of likely N-dealkylation sites (tertiary alicyclic amines) is 1. The van der Waals surface area contributed by atoms with Gasteiger partial charge in [0.05, 0.1) is 0 Å². The molecule has 1 aromatic carbocycles. The molecular weight excluding hydrogens is 255 g/mol. The van der Waals surface area contributed by atoms with Crippen LogP contribution in [-0.2, 0) is 11.3 Å². The smallest absolute Gasteiger partial charge is 0.223 e. The van der Waals surface area contributed by atoms with Crippen molar-refractivity contribution >= 4 is 5.91 Å². The Bertz CT molecular complexity index is 491. The van der Waals surface area contributed by atoms with Crippen molar-refractivity contribution < 1.29 is 9.18 Å². The van der Waals surface area contributed by atoms with Crippen LogP contribution in [0.3, 0.4) is 0 Å². The van der Waals surface area contributed by atoms with Gasteiger partial charge in [-0.15, -0.1) is 0 Å². The maximum Gasteiger partial charge on any atom is 0.223 e. The fourth-order valence-electron chi connectivity index (χ4n) is 3.44. The van der Waals surface area contributed by atoms with Crippen molar-refractivity contribution in [2.75, 3.05) is 6.54 Å². The quantitative estimate of drug-likeness (QED) is 0.900. The molecule has 2 atom stereocenters. The number of rotatable bonds is 2. The summed E-state index contributed by atoms with van der Waals surface area (Å²) in [6.07, 6.45) is 4.79. The highest BCUT2D eigenvalue weighted by molar-refractivity contribution is 5.77. The third-order valence-corrected chi connectivity index (χ3v) is 4.42. The molecule has 0 radical (unpaired) electrons. The summed E-state index contributed by atoms with van der Waals surface area (Å²) in [5, 5.41) is 3.54. The minimum atomic E-state index is -0.233. The Morgan fingerprint density at radius 1 is 1.30 bits per heavy atom. The van der Waals surface area contributed by atoms with Gasteiger partial charge in [0, 0.05) is 25.0 Å². The summed E-state index contributed by atoms with van der Waals surface area (Å²) in [4.78, 5) is 14.3. The summed E-state index contributed by atoms with van der Waals surface area (Å²) in [5.41, 5.74) is 0.879. The minimum Gasteiger partial charge on any atom is -0.334 e. The summed E-state index contributed by atoms with van der Waals surface area (Å²) in [6.45, 7) is 1.57. The van der Waals surface area contributed by atoms with E-state index in [2.05, 4.69) is 5.32 Å². The lowest BCUT2D eigenvalue weighted by Crippen LogP contribution is -2.53. The number of benzene rings is 1. The first-order valence-corrected chi connectivity index (χ1v) is 7.51. The van der Waals surface area contributed by atoms with Crippen molar-refractivity contribution in [3.8, 4) is 0 Å². The van der Waals surface area contributed by atoms with Gasteiger partial charge >= 0.3 is 0 Å². The van der Waals surface area contributed by atoms with Crippen molar-refractivity contribution in [2.45, 2.75) is 50.7 Å².